The molecule has 1 aliphatic rings. The molecule has 82 valence electrons. The lowest BCUT2D eigenvalue weighted by molar-refractivity contribution is 0.440. The number of anilines is 1. The minimum Gasteiger partial charge on any atom is -0.356 e. The highest BCUT2D eigenvalue weighted by Crippen LogP contribution is 2.27. The van der Waals surface area contributed by atoms with Gasteiger partial charge < -0.3 is 4.90 Å². The van der Waals surface area contributed by atoms with Gasteiger partial charge in [-0.1, -0.05) is 0 Å². The molecule has 2 nitrogen and oxygen atoms in total. The van der Waals surface area contributed by atoms with Crippen LogP contribution >= 0.6 is 27.5 Å². The molecule has 15 heavy (non-hydrogen) atoms. The van der Waals surface area contributed by atoms with Crippen molar-refractivity contribution >= 4 is 33.3 Å². The maximum atomic E-state index is 5.86. The van der Waals surface area contributed by atoms with Gasteiger partial charge in [0, 0.05) is 25.2 Å². The van der Waals surface area contributed by atoms with Gasteiger partial charge in [-0.15, -0.1) is 11.6 Å². The van der Waals surface area contributed by atoms with Crippen LogP contribution in [0, 0.1) is 5.92 Å². The Morgan fingerprint density at radius 1 is 1.47 bits per heavy atom. The molecule has 0 spiro atoms. The maximum Gasteiger partial charge on any atom is 0.142 e. The number of halogens is 2. The Hall–Kier alpha value is -0.280. The highest BCUT2D eigenvalue weighted by atomic mass is 79.9. The van der Waals surface area contributed by atoms with Crippen LogP contribution in [-0.2, 0) is 0 Å². The zero-order valence-electron chi connectivity index (χ0n) is 8.50. The van der Waals surface area contributed by atoms with Gasteiger partial charge in [0.25, 0.3) is 0 Å². The summed E-state index contributed by atoms with van der Waals surface area (Å²) in [6.45, 7) is 2.12. The van der Waals surface area contributed by atoms with Crippen LogP contribution in [0.2, 0.25) is 0 Å². The lowest BCUT2D eigenvalue weighted by atomic mass is 9.99. The molecule has 0 N–H and O–H groups in total. The van der Waals surface area contributed by atoms with Crippen molar-refractivity contribution in [3.05, 3.63) is 22.8 Å². The van der Waals surface area contributed by atoms with Crippen LogP contribution in [0.1, 0.15) is 12.8 Å². The predicted octanol–water partition coefficient (Wildman–Crippen LogP) is 3.30. The molecule has 1 fully saturated rings. The number of hydrogen-bond acceptors (Lipinski definition) is 2. The molecule has 1 aromatic rings. The monoisotopic (exact) mass is 288 g/mol. The molecule has 0 unspecified atom stereocenters. The first-order chi connectivity index (χ1) is 7.31. The van der Waals surface area contributed by atoms with E-state index < -0.39 is 0 Å². The Morgan fingerprint density at radius 3 is 2.80 bits per heavy atom. The van der Waals surface area contributed by atoms with Crippen molar-refractivity contribution in [2.24, 2.45) is 5.92 Å². The van der Waals surface area contributed by atoms with E-state index in [0.29, 0.717) is 5.92 Å². The Bertz CT molecular complexity index is 324. The summed E-state index contributed by atoms with van der Waals surface area (Å²) in [6, 6.07) is 3.98. The summed E-state index contributed by atoms with van der Waals surface area (Å²) in [5.41, 5.74) is 0. The van der Waals surface area contributed by atoms with E-state index in [-0.39, 0.29) is 0 Å². The molecule has 1 aliphatic heterocycles. The van der Waals surface area contributed by atoms with E-state index in [9.17, 15) is 0 Å². The average Bonchev–Trinajstić information content (AvgIpc) is 2.30. The normalized spacial score (nSPS) is 18.1. The Balaban J connectivity index is 2.04. The summed E-state index contributed by atoms with van der Waals surface area (Å²) in [6.07, 6.45) is 4.19. The first kappa shape index (κ1) is 11.2. The second-order valence-corrected chi connectivity index (χ2v) is 5.06. The molecule has 1 saturated heterocycles. The molecule has 2 rings (SSSR count). The Morgan fingerprint density at radius 2 is 2.20 bits per heavy atom. The fraction of sp³-hybridized carbons (Fsp3) is 0.545. The summed E-state index contributed by atoms with van der Waals surface area (Å²) in [5, 5.41) is 0. The van der Waals surface area contributed by atoms with E-state index in [0.717, 1.165) is 29.3 Å². The van der Waals surface area contributed by atoms with Gasteiger partial charge in [-0.2, -0.15) is 0 Å². The number of aromatic nitrogens is 1. The summed E-state index contributed by atoms with van der Waals surface area (Å²) in [5.74, 6) is 2.54. The summed E-state index contributed by atoms with van der Waals surface area (Å²) < 4.78 is 1.08. The van der Waals surface area contributed by atoms with Gasteiger partial charge >= 0.3 is 0 Å². The largest absolute Gasteiger partial charge is 0.356 e. The second kappa shape index (κ2) is 5.17. The van der Waals surface area contributed by atoms with Gasteiger partial charge in [0.15, 0.2) is 0 Å². The molecule has 0 atom stereocenters. The van der Waals surface area contributed by atoms with Gasteiger partial charge in [0.05, 0.1) is 4.47 Å². The average molecular weight is 290 g/mol. The number of alkyl halides is 1. The van der Waals surface area contributed by atoms with E-state index in [2.05, 4.69) is 25.8 Å². The van der Waals surface area contributed by atoms with E-state index in [1.165, 1.54) is 12.8 Å². The quantitative estimate of drug-likeness (QED) is 0.777. The molecular formula is C11H14BrClN2. The van der Waals surface area contributed by atoms with Crippen molar-refractivity contribution < 1.29 is 0 Å². The highest BCUT2D eigenvalue weighted by molar-refractivity contribution is 9.10. The Kier molecular flexibility index (Phi) is 3.87. The molecule has 4 heteroatoms. The molecule has 1 aromatic heterocycles. The lowest BCUT2D eigenvalue weighted by Gasteiger charge is -2.32. The zero-order valence-corrected chi connectivity index (χ0v) is 10.8. The smallest absolute Gasteiger partial charge is 0.142 e. The fourth-order valence-electron chi connectivity index (χ4n) is 1.91. The van der Waals surface area contributed by atoms with Gasteiger partial charge in [0.1, 0.15) is 5.82 Å². The highest BCUT2D eigenvalue weighted by Gasteiger charge is 2.20. The van der Waals surface area contributed by atoms with E-state index in [1.54, 1.807) is 0 Å². The van der Waals surface area contributed by atoms with Crippen LogP contribution in [0.4, 0.5) is 5.82 Å². The number of pyridine rings is 1. The van der Waals surface area contributed by atoms with Crippen molar-refractivity contribution in [1.82, 2.24) is 4.98 Å². The molecule has 0 saturated carbocycles. The van der Waals surface area contributed by atoms with Crippen LogP contribution in [0.3, 0.4) is 0 Å². The van der Waals surface area contributed by atoms with Crippen molar-refractivity contribution in [1.29, 1.82) is 0 Å². The third-order valence-corrected chi connectivity index (χ3v) is 3.93. The zero-order chi connectivity index (χ0) is 10.7. The lowest BCUT2D eigenvalue weighted by Crippen LogP contribution is -2.34. The SMILES string of the molecule is ClCC1CCN(c2ncccc2Br)CC1. The van der Waals surface area contributed by atoms with E-state index in [4.69, 9.17) is 11.6 Å². The molecule has 0 bridgehead atoms. The minimum absolute atomic E-state index is 0.686. The number of rotatable bonds is 2. The van der Waals surface area contributed by atoms with Crippen molar-refractivity contribution in [2.75, 3.05) is 23.9 Å². The van der Waals surface area contributed by atoms with Crippen LogP contribution in [0.5, 0.6) is 0 Å². The minimum atomic E-state index is 0.686. The third-order valence-electron chi connectivity index (χ3n) is 2.87. The summed E-state index contributed by atoms with van der Waals surface area (Å²) >= 11 is 9.40. The van der Waals surface area contributed by atoms with Crippen molar-refractivity contribution in [3.63, 3.8) is 0 Å². The molecule has 0 amide bonds. The first-order valence-electron chi connectivity index (χ1n) is 5.22. The predicted molar refractivity (Wildman–Crippen MR) is 67.6 cm³/mol. The molecule has 0 aliphatic carbocycles. The number of nitrogens with zero attached hydrogens (tertiary/aromatic N) is 2. The van der Waals surface area contributed by atoms with Gasteiger partial charge in [-0.3, -0.25) is 0 Å². The standard InChI is InChI=1S/C11H14BrClN2/c12-10-2-1-5-14-11(10)15-6-3-9(8-13)4-7-15/h1-2,5,9H,3-4,6-8H2. The van der Waals surface area contributed by atoms with E-state index in [1.807, 2.05) is 18.3 Å². The van der Waals surface area contributed by atoms with E-state index >= 15 is 0 Å². The summed E-state index contributed by atoms with van der Waals surface area (Å²) in [7, 11) is 0. The van der Waals surface area contributed by atoms with Crippen molar-refractivity contribution in [2.45, 2.75) is 12.8 Å². The molecule has 2 heterocycles. The Labute approximate surface area is 104 Å². The van der Waals surface area contributed by atoms with Gasteiger partial charge in [0.2, 0.25) is 0 Å². The van der Waals surface area contributed by atoms with Crippen LogP contribution in [-0.4, -0.2) is 24.0 Å². The van der Waals surface area contributed by atoms with Crippen LogP contribution in [0.25, 0.3) is 0 Å². The van der Waals surface area contributed by atoms with Gasteiger partial charge in [-0.05, 0) is 46.8 Å². The molecule has 0 radical (unpaired) electrons. The summed E-state index contributed by atoms with van der Waals surface area (Å²) in [4.78, 5) is 6.73. The van der Waals surface area contributed by atoms with Crippen LogP contribution < -0.4 is 4.90 Å². The van der Waals surface area contributed by atoms with Crippen LogP contribution in [0.15, 0.2) is 22.8 Å². The topological polar surface area (TPSA) is 16.1 Å². The fourth-order valence-corrected chi connectivity index (χ4v) is 2.72. The van der Waals surface area contributed by atoms with Crippen molar-refractivity contribution in [3.8, 4) is 0 Å². The maximum absolute atomic E-state index is 5.86. The third kappa shape index (κ3) is 2.64. The number of piperidine rings is 1. The second-order valence-electron chi connectivity index (χ2n) is 3.89. The first-order valence-corrected chi connectivity index (χ1v) is 6.55. The molecular weight excluding hydrogens is 275 g/mol. The number of hydrogen-bond donors (Lipinski definition) is 0. The molecule has 0 aromatic carbocycles. The van der Waals surface area contributed by atoms with Gasteiger partial charge in [-0.25, -0.2) is 4.98 Å².